The Labute approximate surface area is 163 Å². The molecule has 2 aromatic rings. The van der Waals surface area contributed by atoms with Crippen LogP contribution in [0.2, 0.25) is 0 Å². The van der Waals surface area contributed by atoms with Gasteiger partial charge in [0.1, 0.15) is 19.5 Å². The molecular weight excluding hydrogens is 362 g/mol. The number of hydrogen-bond donors (Lipinski definition) is 0. The number of benzene rings is 2. The Bertz CT molecular complexity index is 851. The van der Waals surface area contributed by atoms with Gasteiger partial charge >= 0.3 is 0 Å². The van der Waals surface area contributed by atoms with E-state index in [1.54, 1.807) is 30.1 Å². The van der Waals surface area contributed by atoms with E-state index >= 15 is 0 Å². The number of ether oxygens (including phenoxy) is 4. The van der Waals surface area contributed by atoms with Crippen molar-refractivity contribution in [3.8, 4) is 23.0 Å². The largest absolute Gasteiger partial charge is 0.490 e. The molecule has 0 spiro atoms. The highest BCUT2D eigenvalue weighted by molar-refractivity contribution is 5.78. The molecule has 1 aliphatic heterocycles. The van der Waals surface area contributed by atoms with Crippen molar-refractivity contribution in [2.75, 3.05) is 33.5 Å². The van der Waals surface area contributed by atoms with E-state index in [2.05, 4.69) is 0 Å². The predicted molar refractivity (Wildman–Crippen MR) is 102 cm³/mol. The zero-order chi connectivity index (χ0) is 19.9. The van der Waals surface area contributed by atoms with E-state index in [4.69, 9.17) is 18.9 Å². The maximum Gasteiger partial charge on any atom is 0.260 e. The first-order chi connectivity index (χ1) is 13.6. The zero-order valence-electron chi connectivity index (χ0n) is 16.0. The van der Waals surface area contributed by atoms with E-state index in [1.165, 1.54) is 0 Å². The summed E-state index contributed by atoms with van der Waals surface area (Å²) < 4.78 is 22.2. The van der Waals surface area contributed by atoms with Gasteiger partial charge in [-0.2, -0.15) is 0 Å². The van der Waals surface area contributed by atoms with Crippen LogP contribution in [0.15, 0.2) is 36.4 Å². The van der Waals surface area contributed by atoms with E-state index in [-0.39, 0.29) is 12.5 Å². The average Bonchev–Trinajstić information content (AvgIpc) is 2.72. The molecule has 2 aromatic carbocycles. The van der Waals surface area contributed by atoms with Crippen LogP contribution < -0.4 is 18.9 Å². The van der Waals surface area contributed by atoms with E-state index in [0.29, 0.717) is 49.2 Å². The standard InChI is InChI=1S/C21H23NO6/c1-3-25-19-11-16(13-23)5-7-18(19)28-14-21(24)22(2)12-15-4-6-17-20(10-15)27-9-8-26-17/h4-7,10-11,13H,3,8-9,12,14H2,1-2H3. The molecule has 0 unspecified atom stereocenters. The molecule has 0 fully saturated rings. The number of likely N-dealkylation sites (N-methyl/N-ethyl adjacent to an activating group) is 1. The Balaban J connectivity index is 1.59. The minimum atomic E-state index is -0.184. The van der Waals surface area contributed by atoms with Crippen molar-refractivity contribution in [2.24, 2.45) is 0 Å². The summed E-state index contributed by atoms with van der Waals surface area (Å²) in [6.07, 6.45) is 0.735. The molecule has 0 saturated heterocycles. The van der Waals surface area contributed by atoms with Crippen LogP contribution in [0.1, 0.15) is 22.8 Å². The number of carbonyl (C=O) groups is 2. The van der Waals surface area contributed by atoms with E-state index in [1.807, 2.05) is 25.1 Å². The van der Waals surface area contributed by atoms with Gasteiger partial charge in [0, 0.05) is 19.2 Å². The molecular formula is C21H23NO6. The highest BCUT2D eigenvalue weighted by atomic mass is 16.6. The average molecular weight is 385 g/mol. The van der Waals surface area contributed by atoms with Gasteiger partial charge in [-0.1, -0.05) is 6.07 Å². The SMILES string of the molecule is CCOc1cc(C=O)ccc1OCC(=O)N(C)Cc1ccc2c(c1)OCCO2. The fraction of sp³-hybridized carbons (Fsp3) is 0.333. The van der Waals surface area contributed by atoms with Crippen LogP contribution in [0.3, 0.4) is 0 Å². The molecule has 148 valence electrons. The van der Waals surface area contributed by atoms with Crippen molar-refractivity contribution in [3.05, 3.63) is 47.5 Å². The van der Waals surface area contributed by atoms with Gasteiger partial charge in [0.25, 0.3) is 5.91 Å². The van der Waals surface area contributed by atoms with Gasteiger partial charge in [-0.15, -0.1) is 0 Å². The summed E-state index contributed by atoms with van der Waals surface area (Å²) in [7, 11) is 1.71. The van der Waals surface area contributed by atoms with Gasteiger partial charge in [-0.05, 0) is 42.8 Å². The van der Waals surface area contributed by atoms with Crippen LogP contribution >= 0.6 is 0 Å². The molecule has 0 aromatic heterocycles. The maximum absolute atomic E-state index is 12.4. The summed E-state index contributed by atoms with van der Waals surface area (Å²) in [6.45, 7) is 3.60. The fourth-order valence-electron chi connectivity index (χ4n) is 2.78. The van der Waals surface area contributed by atoms with Gasteiger partial charge < -0.3 is 23.8 Å². The topological polar surface area (TPSA) is 74.3 Å². The summed E-state index contributed by atoms with van der Waals surface area (Å²) in [6, 6.07) is 10.5. The number of hydrogen-bond acceptors (Lipinski definition) is 6. The van der Waals surface area contributed by atoms with Crippen LogP contribution in [-0.4, -0.2) is 50.6 Å². The molecule has 0 bridgehead atoms. The second-order valence-corrected chi connectivity index (χ2v) is 6.27. The lowest BCUT2D eigenvalue weighted by atomic mass is 10.2. The lowest BCUT2D eigenvalue weighted by molar-refractivity contribution is -0.132. The van der Waals surface area contributed by atoms with Crippen LogP contribution in [-0.2, 0) is 11.3 Å². The number of aldehydes is 1. The molecule has 0 saturated carbocycles. The van der Waals surface area contributed by atoms with Crippen molar-refractivity contribution in [1.82, 2.24) is 4.90 Å². The lowest BCUT2D eigenvalue weighted by Crippen LogP contribution is -2.31. The highest BCUT2D eigenvalue weighted by Crippen LogP contribution is 2.31. The van der Waals surface area contributed by atoms with E-state index < -0.39 is 0 Å². The quantitative estimate of drug-likeness (QED) is 0.651. The van der Waals surface area contributed by atoms with Crippen molar-refractivity contribution in [3.63, 3.8) is 0 Å². The lowest BCUT2D eigenvalue weighted by Gasteiger charge is -2.21. The molecule has 1 heterocycles. The second kappa shape index (κ2) is 9.12. The number of fused-ring (bicyclic) bond motifs is 1. The Morgan fingerprint density at radius 1 is 1.07 bits per heavy atom. The van der Waals surface area contributed by atoms with E-state index in [9.17, 15) is 9.59 Å². The minimum absolute atomic E-state index is 0.137. The summed E-state index contributed by atoms with van der Waals surface area (Å²) in [5, 5.41) is 0. The van der Waals surface area contributed by atoms with Crippen molar-refractivity contribution < 1.29 is 28.5 Å². The van der Waals surface area contributed by atoms with Gasteiger partial charge in [0.2, 0.25) is 0 Å². The maximum atomic E-state index is 12.4. The third-order valence-electron chi connectivity index (χ3n) is 4.21. The number of nitrogens with zero attached hydrogens (tertiary/aromatic N) is 1. The van der Waals surface area contributed by atoms with Gasteiger partial charge in [-0.3, -0.25) is 9.59 Å². The third kappa shape index (κ3) is 4.73. The monoisotopic (exact) mass is 385 g/mol. The second-order valence-electron chi connectivity index (χ2n) is 6.27. The van der Waals surface area contributed by atoms with Crippen LogP contribution in [0.5, 0.6) is 23.0 Å². The molecule has 0 radical (unpaired) electrons. The molecule has 0 atom stereocenters. The highest BCUT2D eigenvalue weighted by Gasteiger charge is 2.16. The van der Waals surface area contributed by atoms with Crippen LogP contribution in [0, 0.1) is 0 Å². The van der Waals surface area contributed by atoms with Crippen LogP contribution in [0.25, 0.3) is 0 Å². The first-order valence-electron chi connectivity index (χ1n) is 9.08. The molecule has 0 aliphatic carbocycles. The smallest absolute Gasteiger partial charge is 0.260 e. The molecule has 7 heteroatoms. The summed E-state index contributed by atoms with van der Waals surface area (Å²) in [4.78, 5) is 24.9. The van der Waals surface area contributed by atoms with E-state index in [0.717, 1.165) is 17.6 Å². The molecule has 1 amide bonds. The normalized spacial score (nSPS) is 12.2. The molecule has 0 N–H and O–H groups in total. The van der Waals surface area contributed by atoms with Gasteiger partial charge in [0.05, 0.1) is 6.61 Å². The van der Waals surface area contributed by atoms with Crippen LogP contribution in [0.4, 0.5) is 0 Å². The summed E-state index contributed by atoms with van der Waals surface area (Å²) in [5.41, 5.74) is 1.42. The van der Waals surface area contributed by atoms with Crippen molar-refractivity contribution in [2.45, 2.75) is 13.5 Å². The van der Waals surface area contributed by atoms with Gasteiger partial charge in [0.15, 0.2) is 29.6 Å². The minimum Gasteiger partial charge on any atom is -0.490 e. The molecule has 1 aliphatic rings. The number of carbonyl (C=O) groups excluding carboxylic acids is 2. The molecule has 28 heavy (non-hydrogen) atoms. The molecule has 3 rings (SSSR count). The van der Waals surface area contributed by atoms with Crippen molar-refractivity contribution in [1.29, 1.82) is 0 Å². The number of rotatable bonds is 8. The number of amides is 1. The Morgan fingerprint density at radius 2 is 1.86 bits per heavy atom. The Hall–Kier alpha value is -3.22. The Morgan fingerprint density at radius 3 is 2.61 bits per heavy atom. The first kappa shape index (κ1) is 19.5. The summed E-state index contributed by atoms with van der Waals surface area (Å²) in [5.74, 6) is 2.09. The zero-order valence-corrected chi connectivity index (χ0v) is 16.0. The Kier molecular flexibility index (Phi) is 6.37. The third-order valence-corrected chi connectivity index (χ3v) is 4.21. The molecule has 7 nitrogen and oxygen atoms in total. The van der Waals surface area contributed by atoms with Gasteiger partial charge in [-0.25, -0.2) is 0 Å². The fourth-order valence-corrected chi connectivity index (χ4v) is 2.78. The first-order valence-corrected chi connectivity index (χ1v) is 9.08. The summed E-state index contributed by atoms with van der Waals surface area (Å²) >= 11 is 0. The van der Waals surface area contributed by atoms with Crippen molar-refractivity contribution >= 4 is 12.2 Å². The predicted octanol–water partition coefficient (Wildman–Crippen LogP) is 2.71.